The number of pyridine rings is 1. The molecule has 0 bridgehead atoms. The lowest BCUT2D eigenvalue weighted by atomic mass is 10.0. The third kappa shape index (κ3) is 3.20. The van der Waals surface area contributed by atoms with Crippen LogP contribution in [0.25, 0.3) is 10.8 Å². The number of rotatable bonds is 4. The lowest BCUT2D eigenvalue weighted by Crippen LogP contribution is -2.40. The van der Waals surface area contributed by atoms with Crippen LogP contribution in [0.4, 0.5) is 0 Å². The van der Waals surface area contributed by atoms with E-state index in [1.807, 2.05) is 83.6 Å². The molecule has 0 N–H and O–H groups in total. The van der Waals surface area contributed by atoms with Gasteiger partial charge in [-0.25, -0.2) is 0 Å². The lowest BCUT2D eigenvalue weighted by Gasteiger charge is -2.05. The lowest BCUT2D eigenvalue weighted by molar-refractivity contribution is -0.690. The Morgan fingerprint density at radius 1 is 0.720 bits per heavy atom. The van der Waals surface area contributed by atoms with Gasteiger partial charge in [0.25, 0.3) is 11.5 Å². The van der Waals surface area contributed by atoms with Gasteiger partial charge >= 0.3 is 0 Å². The number of benzene rings is 3. The van der Waals surface area contributed by atoms with Crippen molar-refractivity contribution in [3.8, 4) is 0 Å². The first-order valence-corrected chi connectivity index (χ1v) is 8.37. The van der Waals surface area contributed by atoms with E-state index in [1.165, 1.54) is 5.56 Å². The van der Waals surface area contributed by atoms with Gasteiger partial charge in [0.1, 0.15) is 0 Å². The summed E-state index contributed by atoms with van der Waals surface area (Å²) in [5.41, 5.74) is 2.58. The van der Waals surface area contributed by atoms with Gasteiger partial charge in [-0.15, -0.1) is 0 Å². The molecule has 120 valence electrons. The van der Waals surface area contributed by atoms with E-state index in [0.717, 1.165) is 10.8 Å². The highest BCUT2D eigenvalue weighted by molar-refractivity contribution is 6.08. The van der Waals surface area contributed by atoms with Crippen LogP contribution in [0.15, 0.2) is 97.2 Å². The van der Waals surface area contributed by atoms with E-state index < -0.39 is 0 Å². The first-order chi connectivity index (χ1) is 12.3. The van der Waals surface area contributed by atoms with Crippen molar-refractivity contribution in [3.05, 3.63) is 114 Å². The van der Waals surface area contributed by atoms with Crippen molar-refractivity contribution in [1.82, 2.24) is 0 Å². The van der Waals surface area contributed by atoms with Crippen molar-refractivity contribution < 1.29 is 9.36 Å². The van der Waals surface area contributed by atoms with E-state index in [9.17, 15) is 4.79 Å². The second-order valence-corrected chi connectivity index (χ2v) is 6.09. The van der Waals surface area contributed by atoms with Crippen LogP contribution in [0.3, 0.4) is 0 Å². The fraction of sp³-hybridized carbons (Fsp3) is 0.0435. The van der Waals surface area contributed by atoms with Crippen LogP contribution >= 0.6 is 0 Å². The number of carbonyl (C=O) groups is 1. The van der Waals surface area contributed by atoms with Gasteiger partial charge in [-0.05, 0) is 22.9 Å². The van der Waals surface area contributed by atoms with Gasteiger partial charge in [0.15, 0.2) is 12.7 Å². The minimum absolute atomic E-state index is 0.0438. The van der Waals surface area contributed by atoms with E-state index in [1.54, 1.807) is 0 Å². The Morgan fingerprint density at radius 2 is 1.44 bits per heavy atom. The Bertz CT molecular complexity index is 1040. The van der Waals surface area contributed by atoms with Crippen LogP contribution in [0.5, 0.6) is 0 Å². The minimum atomic E-state index is 0.0438. The SMILES string of the molecule is O=C(c1ccc2ccccc2c1)c1cccc[n+]1Cc1ccccc1. The molecule has 1 heterocycles. The first-order valence-electron chi connectivity index (χ1n) is 8.37. The zero-order valence-corrected chi connectivity index (χ0v) is 13.8. The first kappa shape index (κ1) is 15.3. The van der Waals surface area contributed by atoms with Crippen molar-refractivity contribution in [1.29, 1.82) is 0 Å². The molecule has 0 aliphatic carbocycles. The van der Waals surface area contributed by atoms with Gasteiger partial charge in [0.05, 0.1) is 0 Å². The summed E-state index contributed by atoms with van der Waals surface area (Å²) >= 11 is 0. The maximum Gasteiger partial charge on any atom is 0.256 e. The number of aromatic nitrogens is 1. The molecule has 0 amide bonds. The van der Waals surface area contributed by atoms with Crippen molar-refractivity contribution in [2.24, 2.45) is 0 Å². The van der Waals surface area contributed by atoms with Crippen molar-refractivity contribution in [3.63, 3.8) is 0 Å². The zero-order valence-electron chi connectivity index (χ0n) is 13.8. The molecule has 0 saturated heterocycles. The summed E-state index contributed by atoms with van der Waals surface area (Å²) in [6.45, 7) is 0.677. The molecular weight excluding hydrogens is 306 g/mol. The second kappa shape index (κ2) is 6.70. The molecule has 0 aliphatic rings. The summed E-state index contributed by atoms with van der Waals surface area (Å²) in [6, 6.07) is 29.9. The topological polar surface area (TPSA) is 20.9 Å². The Balaban J connectivity index is 1.72. The standard InChI is InChI=1S/C23H18NO/c25-23(21-14-13-19-10-4-5-11-20(19)16-21)22-12-6-7-15-24(22)17-18-8-2-1-3-9-18/h1-16H,17H2/q+1. The number of ketones is 1. The molecule has 1 aromatic heterocycles. The van der Waals surface area contributed by atoms with Crippen molar-refractivity contribution in [2.75, 3.05) is 0 Å². The highest BCUT2D eigenvalue weighted by Gasteiger charge is 2.20. The largest absolute Gasteiger partial charge is 0.282 e. The van der Waals surface area contributed by atoms with E-state index in [4.69, 9.17) is 0 Å². The van der Waals surface area contributed by atoms with Crippen LogP contribution in [0.2, 0.25) is 0 Å². The highest BCUT2D eigenvalue weighted by atomic mass is 16.1. The van der Waals surface area contributed by atoms with Gasteiger partial charge < -0.3 is 0 Å². The zero-order chi connectivity index (χ0) is 17.1. The molecule has 2 heteroatoms. The summed E-state index contributed by atoms with van der Waals surface area (Å²) < 4.78 is 2.01. The normalized spacial score (nSPS) is 10.7. The predicted octanol–water partition coefficient (Wildman–Crippen LogP) is 4.41. The van der Waals surface area contributed by atoms with Gasteiger partial charge in [-0.2, -0.15) is 4.57 Å². The van der Waals surface area contributed by atoms with E-state index >= 15 is 0 Å². The number of fused-ring (bicyclic) bond motifs is 1. The van der Waals surface area contributed by atoms with E-state index in [0.29, 0.717) is 17.8 Å². The molecule has 0 aliphatic heterocycles. The summed E-state index contributed by atoms with van der Waals surface area (Å²) in [7, 11) is 0. The molecule has 0 radical (unpaired) electrons. The fourth-order valence-corrected chi connectivity index (χ4v) is 3.08. The van der Waals surface area contributed by atoms with Crippen LogP contribution in [0.1, 0.15) is 21.6 Å². The Hall–Kier alpha value is -3.26. The highest BCUT2D eigenvalue weighted by Crippen LogP contribution is 2.17. The average Bonchev–Trinajstić information content (AvgIpc) is 2.68. The Kier molecular flexibility index (Phi) is 4.09. The molecule has 2 nitrogen and oxygen atoms in total. The second-order valence-electron chi connectivity index (χ2n) is 6.09. The van der Waals surface area contributed by atoms with Gasteiger partial charge in [-0.1, -0.05) is 66.7 Å². The number of carbonyl (C=O) groups excluding carboxylic acids is 1. The van der Waals surface area contributed by atoms with Gasteiger partial charge in [0, 0.05) is 23.3 Å². The van der Waals surface area contributed by atoms with Crippen molar-refractivity contribution >= 4 is 16.6 Å². The van der Waals surface area contributed by atoms with E-state index in [2.05, 4.69) is 18.2 Å². The molecule has 0 atom stereocenters. The molecular formula is C23H18NO+. The molecule has 0 spiro atoms. The summed E-state index contributed by atoms with van der Waals surface area (Å²) in [5, 5.41) is 2.23. The number of hydrogen-bond donors (Lipinski definition) is 0. The van der Waals surface area contributed by atoms with Crippen LogP contribution < -0.4 is 4.57 Å². The summed E-state index contributed by atoms with van der Waals surface area (Å²) in [4.78, 5) is 13.1. The summed E-state index contributed by atoms with van der Waals surface area (Å²) in [6.07, 6.45) is 1.96. The predicted molar refractivity (Wildman–Crippen MR) is 99.6 cm³/mol. The minimum Gasteiger partial charge on any atom is -0.282 e. The van der Waals surface area contributed by atoms with Gasteiger partial charge in [-0.3, -0.25) is 4.79 Å². The van der Waals surface area contributed by atoms with Gasteiger partial charge in [0.2, 0.25) is 0 Å². The number of nitrogens with zero attached hydrogens (tertiary/aromatic N) is 1. The monoisotopic (exact) mass is 324 g/mol. The molecule has 25 heavy (non-hydrogen) atoms. The third-order valence-corrected chi connectivity index (χ3v) is 4.38. The van der Waals surface area contributed by atoms with Crippen LogP contribution in [-0.2, 0) is 6.54 Å². The smallest absolute Gasteiger partial charge is 0.256 e. The quantitative estimate of drug-likeness (QED) is 0.402. The Morgan fingerprint density at radius 3 is 2.28 bits per heavy atom. The maximum atomic E-state index is 13.1. The molecule has 3 aromatic carbocycles. The van der Waals surface area contributed by atoms with E-state index in [-0.39, 0.29) is 5.78 Å². The van der Waals surface area contributed by atoms with Crippen molar-refractivity contribution in [2.45, 2.75) is 6.54 Å². The third-order valence-electron chi connectivity index (χ3n) is 4.38. The summed E-state index contributed by atoms with van der Waals surface area (Å²) in [5.74, 6) is 0.0438. The maximum absolute atomic E-state index is 13.1. The van der Waals surface area contributed by atoms with Crippen LogP contribution in [0, 0.1) is 0 Å². The molecule has 0 saturated carbocycles. The van der Waals surface area contributed by atoms with Crippen LogP contribution in [-0.4, -0.2) is 5.78 Å². The molecule has 4 aromatic rings. The molecule has 0 unspecified atom stereocenters. The average molecular weight is 324 g/mol. The molecule has 0 fully saturated rings. The Labute approximate surface area is 147 Å². The molecule has 4 rings (SSSR count). The number of hydrogen-bond acceptors (Lipinski definition) is 1. The fourth-order valence-electron chi connectivity index (χ4n) is 3.08.